The highest BCUT2D eigenvalue weighted by molar-refractivity contribution is 5.96. The molecule has 2 atom stereocenters. The number of nitrogens with one attached hydrogen (secondary N) is 1. The molecule has 0 radical (unpaired) electrons. The van der Waals surface area contributed by atoms with Gasteiger partial charge in [-0.15, -0.1) is 0 Å². The average Bonchev–Trinajstić information content (AvgIpc) is 3.19. The first-order chi connectivity index (χ1) is 15.3. The summed E-state index contributed by atoms with van der Waals surface area (Å²) in [4.78, 5) is 25.6. The lowest BCUT2D eigenvalue weighted by molar-refractivity contribution is -0.141. The Morgan fingerprint density at radius 2 is 2.03 bits per heavy atom. The summed E-state index contributed by atoms with van der Waals surface area (Å²) >= 11 is 0. The maximum Gasteiger partial charge on any atom is 0.437 e. The summed E-state index contributed by atoms with van der Waals surface area (Å²) in [6.45, 7) is 2.53. The number of carbonyl (C=O) groups is 2. The molecule has 1 aliphatic carbocycles. The van der Waals surface area contributed by atoms with Crippen LogP contribution in [0.3, 0.4) is 0 Å². The number of halogens is 3. The molecule has 1 saturated carbocycles. The number of benzene rings is 1. The molecule has 10 heteroatoms. The molecule has 2 fully saturated rings. The van der Waals surface area contributed by atoms with Crippen LogP contribution in [0.4, 0.5) is 18.0 Å². The van der Waals surface area contributed by atoms with E-state index in [4.69, 9.17) is 9.26 Å². The Balaban J connectivity index is 1.61. The fourth-order valence-corrected chi connectivity index (χ4v) is 4.58. The third-order valence-corrected chi connectivity index (χ3v) is 6.17. The molecule has 1 aromatic heterocycles. The number of nitrogens with zero attached hydrogens (tertiary/aromatic N) is 2. The largest absolute Gasteiger partial charge is 0.490 e. The summed E-state index contributed by atoms with van der Waals surface area (Å²) in [7, 11) is 0. The molecule has 174 valence electrons. The van der Waals surface area contributed by atoms with E-state index < -0.39 is 11.9 Å². The maximum absolute atomic E-state index is 13.3. The lowest BCUT2D eigenvalue weighted by atomic mass is 9.85. The quantitative estimate of drug-likeness (QED) is 0.687. The molecule has 2 heterocycles. The van der Waals surface area contributed by atoms with Gasteiger partial charge >= 0.3 is 12.2 Å². The fourth-order valence-electron chi connectivity index (χ4n) is 4.58. The molecular weight excluding hydrogens is 427 g/mol. The van der Waals surface area contributed by atoms with Crippen molar-refractivity contribution in [1.82, 2.24) is 15.4 Å². The molecule has 1 aromatic carbocycles. The number of hydrogen-bond donors (Lipinski definition) is 1. The fraction of sp³-hybridized carbons (Fsp3) is 0.591. The number of imide groups is 1. The van der Waals surface area contributed by atoms with Gasteiger partial charge in [0.1, 0.15) is 11.9 Å². The molecule has 2 aliphatic rings. The van der Waals surface area contributed by atoms with E-state index in [9.17, 15) is 22.8 Å². The molecule has 1 N–H and O–H groups in total. The second-order valence-electron chi connectivity index (χ2n) is 8.38. The summed E-state index contributed by atoms with van der Waals surface area (Å²) in [5.74, 6) is 0.213. The van der Waals surface area contributed by atoms with Crippen molar-refractivity contribution in [3.63, 3.8) is 0 Å². The Labute approximate surface area is 183 Å². The predicted molar refractivity (Wildman–Crippen MR) is 109 cm³/mol. The van der Waals surface area contributed by atoms with Crippen LogP contribution in [-0.4, -0.2) is 41.2 Å². The van der Waals surface area contributed by atoms with Gasteiger partial charge < -0.3 is 14.6 Å². The lowest BCUT2D eigenvalue weighted by Crippen LogP contribution is -2.53. The molecule has 1 aliphatic heterocycles. The zero-order chi connectivity index (χ0) is 22.9. The molecule has 0 bridgehead atoms. The third kappa shape index (κ3) is 4.40. The van der Waals surface area contributed by atoms with Crippen molar-refractivity contribution in [1.29, 1.82) is 0 Å². The Kier molecular flexibility index (Phi) is 6.30. The van der Waals surface area contributed by atoms with Gasteiger partial charge in [0.15, 0.2) is 11.3 Å². The highest BCUT2D eigenvalue weighted by atomic mass is 19.4. The smallest absolute Gasteiger partial charge is 0.437 e. The number of urea groups is 1. The molecule has 0 spiro atoms. The van der Waals surface area contributed by atoms with Crippen LogP contribution in [0.2, 0.25) is 0 Å². The number of ether oxygens (including phenoxy) is 1. The summed E-state index contributed by atoms with van der Waals surface area (Å²) < 4.78 is 51.2. The van der Waals surface area contributed by atoms with E-state index in [-0.39, 0.29) is 47.9 Å². The van der Waals surface area contributed by atoms with Gasteiger partial charge in [-0.25, -0.2) is 4.79 Å². The molecule has 0 unspecified atom stereocenters. The van der Waals surface area contributed by atoms with E-state index in [0.717, 1.165) is 25.7 Å². The van der Waals surface area contributed by atoms with E-state index >= 15 is 0 Å². The summed E-state index contributed by atoms with van der Waals surface area (Å²) in [5, 5.41) is 5.87. The van der Waals surface area contributed by atoms with Crippen molar-refractivity contribution in [2.75, 3.05) is 13.1 Å². The first kappa shape index (κ1) is 22.4. The highest BCUT2D eigenvalue weighted by Gasteiger charge is 2.38. The van der Waals surface area contributed by atoms with E-state index in [1.165, 1.54) is 11.0 Å². The van der Waals surface area contributed by atoms with Crippen LogP contribution in [0, 0.1) is 5.92 Å². The van der Waals surface area contributed by atoms with Crippen LogP contribution >= 0.6 is 0 Å². The monoisotopic (exact) mass is 453 g/mol. The molecule has 32 heavy (non-hydrogen) atoms. The van der Waals surface area contributed by atoms with Gasteiger partial charge in [0, 0.05) is 31.0 Å². The average molecular weight is 453 g/mol. The number of aromatic nitrogens is 1. The Hall–Kier alpha value is -2.78. The lowest BCUT2D eigenvalue weighted by Gasteiger charge is -2.36. The highest BCUT2D eigenvalue weighted by Crippen LogP contribution is 2.39. The second kappa shape index (κ2) is 8.99. The van der Waals surface area contributed by atoms with E-state index in [1.807, 2.05) is 6.92 Å². The zero-order valence-corrected chi connectivity index (χ0v) is 17.8. The number of fused-ring (bicyclic) bond motifs is 1. The molecule has 1 saturated heterocycles. The minimum absolute atomic E-state index is 0.0535. The van der Waals surface area contributed by atoms with Gasteiger partial charge in [0.2, 0.25) is 5.91 Å². The number of hydrogen-bond acceptors (Lipinski definition) is 5. The number of alkyl halides is 3. The standard InChI is InChI=1S/C22H26F3N3O4/c1-2-5-14-17(9-8-15-19(14)32-27-20(15)22(23,24)25)31-16-7-4-3-6-13(16)12-28-18(29)10-11-26-21(28)30/h8-9,13,16H,2-7,10-12H2,1H3,(H,26,30)/t13-,16+/m0/s1. The molecule has 3 amide bonds. The number of rotatable bonds is 6. The zero-order valence-electron chi connectivity index (χ0n) is 17.8. The minimum atomic E-state index is -4.60. The topological polar surface area (TPSA) is 84.7 Å². The number of aryl methyl sites for hydroxylation is 1. The normalized spacial score (nSPS) is 22.3. The van der Waals surface area contributed by atoms with E-state index in [2.05, 4.69) is 10.5 Å². The van der Waals surface area contributed by atoms with Gasteiger partial charge in [0.25, 0.3) is 0 Å². The van der Waals surface area contributed by atoms with E-state index in [1.54, 1.807) is 6.07 Å². The number of amides is 3. The Morgan fingerprint density at radius 3 is 2.75 bits per heavy atom. The Morgan fingerprint density at radius 1 is 1.25 bits per heavy atom. The minimum Gasteiger partial charge on any atom is -0.490 e. The Bertz CT molecular complexity index is 988. The van der Waals surface area contributed by atoms with Gasteiger partial charge in [0.05, 0.1) is 5.39 Å². The molecule has 2 aromatic rings. The first-order valence-corrected chi connectivity index (χ1v) is 11.0. The van der Waals surface area contributed by atoms with Crippen LogP contribution in [0.25, 0.3) is 11.0 Å². The van der Waals surface area contributed by atoms with Crippen LogP contribution < -0.4 is 10.1 Å². The van der Waals surface area contributed by atoms with Crippen molar-refractivity contribution in [2.24, 2.45) is 5.92 Å². The third-order valence-electron chi connectivity index (χ3n) is 6.17. The van der Waals surface area contributed by atoms with Crippen LogP contribution in [0.15, 0.2) is 16.7 Å². The van der Waals surface area contributed by atoms with Crippen molar-refractivity contribution in [3.05, 3.63) is 23.4 Å². The molecular formula is C22H26F3N3O4. The van der Waals surface area contributed by atoms with Crippen molar-refractivity contribution in [2.45, 2.75) is 64.1 Å². The SMILES string of the molecule is CCCc1c(O[C@@H]2CCCC[C@H]2CN2C(=O)CCNC2=O)ccc2c(C(F)(F)F)noc12. The van der Waals surface area contributed by atoms with Crippen LogP contribution in [0.5, 0.6) is 5.75 Å². The molecule has 4 rings (SSSR count). The van der Waals surface area contributed by atoms with Gasteiger partial charge in [-0.05, 0) is 37.8 Å². The van der Waals surface area contributed by atoms with Crippen molar-refractivity contribution in [3.8, 4) is 5.75 Å². The van der Waals surface area contributed by atoms with Crippen LogP contribution in [-0.2, 0) is 17.4 Å². The van der Waals surface area contributed by atoms with Gasteiger partial charge in [-0.1, -0.05) is 24.9 Å². The van der Waals surface area contributed by atoms with Crippen molar-refractivity contribution < 1.29 is 32.0 Å². The molecule has 7 nitrogen and oxygen atoms in total. The van der Waals surface area contributed by atoms with E-state index in [0.29, 0.717) is 30.7 Å². The van der Waals surface area contributed by atoms with Gasteiger partial charge in [-0.3, -0.25) is 9.69 Å². The maximum atomic E-state index is 13.3. The summed E-state index contributed by atoms with van der Waals surface area (Å²) in [6, 6.07) is 2.49. The first-order valence-electron chi connectivity index (χ1n) is 11.0. The van der Waals surface area contributed by atoms with Crippen molar-refractivity contribution >= 4 is 22.9 Å². The predicted octanol–water partition coefficient (Wildman–Crippen LogP) is 4.68. The van der Waals surface area contributed by atoms with Gasteiger partial charge in [-0.2, -0.15) is 13.2 Å². The summed E-state index contributed by atoms with van der Waals surface area (Å²) in [6.07, 6.45) is 0.0121. The van der Waals surface area contributed by atoms with Crippen LogP contribution in [0.1, 0.15) is 56.7 Å². The summed E-state index contributed by atoms with van der Waals surface area (Å²) in [5.41, 5.74) is -0.389. The number of carbonyl (C=O) groups excluding carboxylic acids is 2. The second-order valence-corrected chi connectivity index (χ2v) is 8.38.